The maximum atomic E-state index is 12.8. The summed E-state index contributed by atoms with van der Waals surface area (Å²) < 4.78 is 11.1. The average Bonchev–Trinajstić information content (AvgIpc) is 2.69. The predicted octanol–water partition coefficient (Wildman–Crippen LogP) is 4.73. The molecule has 27 heavy (non-hydrogen) atoms. The minimum Gasteiger partial charge on any atom is -0.493 e. The lowest BCUT2D eigenvalue weighted by Crippen LogP contribution is -2.30. The number of hydrogen-bond acceptors (Lipinski definition) is 4. The first-order valence-electron chi connectivity index (χ1n) is 9.58. The van der Waals surface area contributed by atoms with Crippen LogP contribution in [0.4, 0.5) is 11.4 Å². The highest BCUT2D eigenvalue weighted by Crippen LogP contribution is 2.31. The second-order valence-electron chi connectivity index (χ2n) is 7.05. The molecule has 1 saturated heterocycles. The van der Waals surface area contributed by atoms with Crippen molar-refractivity contribution in [1.82, 2.24) is 0 Å². The van der Waals surface area contributed by atoms with Crippen LogP contribution in [0.25, 0.3) is 0 Å². The van der Waals surface area contributed by atoms with Crippen LogP contribution in [0.1, 0.15) is 43.5 Å². The van der Waals surface area contributed by atoms with Crippen molar-refractivity contribution in [1.29, 1.82) is 0 Å². The van der Waals surface area contributed by atoms with Crippen molar-refractivity contribution < 1.29 is 14.3 Å². The van der Waals surface area contributed by atoms with E-state index in [4.69, 9.17) is 9.47 Å². The fourth-order valence-corrected chi connectivity index (χ4v) is 3.34. The van der Waals surface area contributed by atoms with E-state index >= 15 is 0 Å². The van der Waals surface area contributed by atoms with Gasteiger partial charge in [-0.05, 0) is 63.4 Å². The van der Waals surface area contributed by atoms with E-state index in [1.807, 2.05) is 32.0 Å². The Hall–Kier alpha value is -2.69. The molecule has 1 aliphatic rings. The molecule has 0 radical (unpaired) electrons. The smallest absolute Gasteiger partial charge is 0.255 e. The quantitative estimate of drug-likeness (QED) is 0.801. The molecule has 144 valence electrons. The van der Waals surface area contributed by atoms with Crippen LogP contribution in [0.2, 0.25) is 0 Å². The largest absolute Gasteiger partial charge is 0.493 e. The summed E-state index contributed by atoms with van der Waals surface area (Å²) in [7, 11) is 1.58. The third-order valence-corrected chi connectivity index (χ3v) is 4.64. The zero-order valence-electron chi connectivity index (χ0n) is 16.3. The number of carbonyl (C=O) groups excluding carboxylic acids is 1. The normalized spacial score (nSPS) is 14.1. The van der Waals surface area contributed by atoms with Crippen LogP contribution >= 0.6 is 0 Å². The number of nitrogens with zero attached hydrogens (tertiary/aromatic N) is 1. The van der Waals surface area contributed by atoms with Crippen LogP contribution in [-0.2, 0) is 0 Å². The van der Waals surface area contributed by atoms with Gasteiger partial charge in [0, 0.05) is 18.7 Å². The van der Waals surface area contributed by atoms with Crippen LogP contribution in [-0.4, -0.2) is 32.2 Å². The van der Waals surface area contributed by atoms with Gasteiger partial charge in [-0.25, -0.2) is 0 Å². The lowest BCUT2D eigenvalue weighted by Gasteiger charge is -2.30. The summed E-state index contributed by atoms with van der Waals surface area (Å²) in [5, 5.41) is 3.06. The summed E-state index contributed by atoms with van der Waals surface area (Å²) in [5.74, 6) is 1.03. The third kappa shape index (κ3) is 4.73. The maximum Gasteiger partial charge on any atom is 0.255 e. The fraction of sp³-hybridized carbons (Fsp3) is 0.409. The fourth-order valence-electron chi connectivity index (χ4n) is 3.34. The van der Waals surface area contributed by atoms with Crippen molar-refractivity contribution in [3.8, 4) is 11.5 Å². The number of rotatable bonds is 6. The molecule has 3 rings (SSSR count). The van der Waals surface area contributed by atoms with Crippen LogP contribution in [0.3, 0.4) is 0 Å². The second-order valence-corrected chi connectivity index (χ2v) is 7.05. The molecule has 0 spiro atoms. The molecule has 1 amide bonds. The Kier molecular flexibility index (Phi) is 6.22. The molecule has 0 aromatic heterocycles. The van der Waals surface area contributed by atoms with Gasteiger partial charge in [-0.15, -0.1) is 0 Å². The molecule has 1 aliphatic heterocycles. The molecule has 0 bridgehead atoms. The van der Waals surface area contributed by atoms with Gasteiger partial charge >= 0.3 is 0 Å². The topological polar surface area (TPSA) is 50.8 Å². The van der Waals surface area contributed by atoms with E-state index in [-0.39, 0.29) is 12.0 Å². The lowest BCUT2D eigenvalue weighted by atomic mass is 10.1. The first-order chi connectivity index (χ1) is 13.1. The van der Waals surface area contributed by atoms with Crippen LogP contribution in [0, 0.1) is 0 Å². The summed E-state index contributed by atoms with van der Waals surface area (Å²) in [4.78, 5) is 15.2. The molecule has 1 N–H and O–H groups in total. The molecule has 1 fully saturated rings. The van der Waals surface area contributed by atoms with Gasteiger partial charge in [0.2, 0.25) is 0 Å². The lowest BCUT2D eigenvalue weighted by molar-refractivity contribution is 0.102. The molecule has 0 saturated carbocycles. The van der Waals surface area contributed by atoms with E-state index in [1.54, 1.807) is 25.3 Å². The molecular formula is C22H28N2O3. The Balaban J connectivity index is 1.79. The van der Waals surface area contributed by atoms with E-state index in [0.29, 0.717) is 17.1 Å². The first kappa shape index (κ1) is 19.1. The van der Waals surface area contributed by atoms with Crippen molar-refractivity contribution in [2.75, 3.05) is 30.4 Å². The number of amides is 1. The Morgan fingerprint density at radius 2 is 1.78 bits per heavy atom. The monoisotopic (exact) mass is 368 g/mol. The highest BCUT2D eigenvalue weighted by molar-refractivity contribution is 6.06. The van der Waals surface area contributed by atoms with Gasteiger partial charge in [0.25, 0.3) is 5.91 Å². The molecule has 0 atom stereocenters. The summed E-state index contributed by atoms with van der Waals surface area (Å²) in [6.45, 7) is 5.97. The zero-order chi connectivity index (χ0) is 19.2. The molecule has 5 heteroatoms. The summed E-state index contributed by atoms with van der Waals surface area (Å²) >= 11 is 0. The predicted molar refractivity (Wildman–Crippen MR) is 109 cm³/mol. The zero-order valence-corrected chi connectivity index (χ0v) is 16.3. The van der Waals surface area contributed by atoms with Gasteiger partial charge in [-0.3, -0.25) is 4.79 Å². The van der Waals surface area contributed by atoms with E-state index in [0.717, 1.165) is 24.5 Å². The van der Waals surface area contributed by atoms with Gasteiger partial charge in [-0.1, -0.05) is 12.1 Å². The van der Waals surface area contributed by atoms with Gasteiger partial charge in [-0.2, -0.15) is 0 Å². The van der Waals surface area contributed by atoms with Crippen LogP contribution in [0.15, 0.2) is 42.5 Å². The molecule has 2 aromatic rings. The Morgan fingerprint density at radius 3 is 2.48 bits per heavy atom. The number of para-hydroxylation sites is 2. The number of anilines is 2. The molecule has 1 heterocycles. The van der Waals surface area contributed by atoms with E-state index < -0.39 is 0 Å². The minimum absolute atomic E-state index is 0.0370. The highest BCUT2D eigenvalue weighted by Gasteiger charge is 2.17. The molecule has 0 aliphatic carbocycles. The summed E-state index contributed by atoms with van der Waals surface area (Å²) in [6.07, 6.45) is 3.69. The van der Waals surface area contributed by atoms with Gasteiger partial charge in [0.1, 0.15) is 0 Å². The number of hydrogen-bond donors (Lipinski definition) is 1. The number of ether oxygens (including phenoxy) is 2. The van der Waals surface area contributed by atoms with Gasteiger partial charge < -0.3 is 19.7 Å². The van der Waals surface area contributed by atoms with Crippen LogP contribution < -0.4 is 19.7 Å². The Morgan fingerprint density at radius 1 is 1.04 bits per heavy atom. The number of carbonyl (C=O) groups is 1. The average molecular weight is 368 g/mol. The van der Waals surface area contributed by atoms with E-state index in [9.17, 15) is 4.79 Å². The van der Waals surface area contributed by atoms with Crippen molar-refractivity contribution in [2.45, 2.75) is 39.2 Å². The summed E-state index contributed by atoms with van der Waals surface area (Å²) in [6, 6.07) is 13.3. The van der Waals surface area contributed by atoms with Gasteiger partial charge in [0.15, 0.2) is 11.5 Å². The first-order valence-corrected chi connectivity index (χ1v) is 9.58. The Bertz CT molecular complexity index is 783. The molecule has 2 aromatic carbocycles. The van der Waals surface area contributed by atoms with Gasteiger partial charge in [0.05, 0.1) is 24.6 Å². The number of nitrogens with one attached hydrogen (secondary N) is 1. The standard InChI is InChI=1S/C22H28N2O3/c1-16(2)27-20-12-11-17(15-21(20)26-3)22(25)23-18-9-5-6-10-19(18)24-13-7-4-8-14-24/h5-6,9-12,15-16H,4,7-8,13-14H2,1-3H3,(H,23,25). The van der Waals surface area contributed by atoms with Crippen molar-refractivity contribution >= 4 is 17.3 Å². The molecule has 0 unspecified atom stereocenters. The van der Waals surface area contributed by atoms with Crippen molar-refractivity contribution in [3.63, 3.8) is 0 Å². The summed E-state index contributed by atoms with van der Waals surface area (Å²) in [5.41, 5.74) is 2.46. The third-order valence-electron chi connectivity index (χ3n) is 4.64. The van der Waals surface area contributed by atoms with Crippen LogP contribution in [0.5, 0.6) is 11.5 Å². The maximum absolute atomic E-state index is 12.8. The van der Waals surface area contributed by atoms with Crippen molar-refractivity contribution in [2.24, 2.45) is 0 Å². The Labute approximate surface area is 161 Å². The highest BCUT2D eigenvalue weighted by atomic mass is 16.5. The van der Waals surface area contributed by atoms with E-state index in [2.05, 4.69) is 16.3 Å². The van der Waals surface area contributed by atoms with E-state index in [1.165, 1.54) is 19.3 Å². The second kappa shape index (κ2) is 8.80. The SMILES string of the molecule is COc1cc(C(=O)Nc2ccccc2N2CCCCC2)ccc1OC(C)C. The minimum atomic E-state index is -0.158. The van der Waals surface area contributed by atoms with Crippen molar-refractivity contribution in [3.05, 3.63) is 48.0 Å². The number of piperidine rings is 1. The number of benzene rings is 2. The molecular weight excluding hydrogens is 340 g/mol. The number of methoxy groups -OCH3 is 1. The molecule has 5 nitrogen and oxygen atoms in total.